The van der Waals surface area contributed by atoms with Gasteiger partial charge in [0.2, 0.25) is 0 Å². The van der Waals surface area contributed by atoms with E-state index in [9.17, 15) is 4.39 Å². The summed E-state index contributed by atoms with van der Waals surface area (Å²) < 4.78 is 13.2. The molecule has 0 spiro atoms. The van der Waals surface area contributed by atoms with Gasteiger partial charge in [-0.1, -0.05) is 24.6 Å². The Morgan fingerprint density at radius 3 is 2.75 bits per heavy atom. The summed E-state index contributed by atoms with van der Waals surface area (Å²) in [5.74, 6) is 0.716. The number of hydrogen-bond donors (Lipinski definition) is 0. The van der Waals surface area contributed by atoms with Crippen molar-refractivity contribution in [2.45, 2.75) is 6.92 Å². The topological polar surface area (TPSA) is 0 Å². The molecule has 0 aliphatic heterocycles. The molecule has 0 atom stereocenters. The predicted octanol–water partition coefficient (Wildman–Crippen LogP) is 3.86. The van der Waals surface area contributed by atoms with Crippen molar-refractivity contribution in [3.63, 3.8) is 0 Å². The highest BCUT2D eigenvalue weighted by Crippen LogP contribution is 2.23. The van der Waals surface area contributed by atoms with Crippen LogP contribution in [0.1, 0.15) is 12.5 Å². The molecule has 1 aromatic rings. The third-order valence-electron chi connectivity index (χ3n) is 1.61. The molecule has 1 radical (unpaired) electrons. The van der Waals surface area contributed by atoms with Gasteiger partial charge in [0.1, 0.15) is 0 Å². The molecule has 0 fully saturated rings. The van der Waals surface area contributed by atoms with Crippen LogP contribution in [0.2, 0.25) is 5.02 Å². The van der Waals surface area contributed by atoms with E-state index in [1.54, 1.807) is 13.0 Å². The number of hydrogen-bond acceptors (Lipinski definition) is 0. The van der Waals surface area contributed by atoms with Crippen LogP contribution in [0, 0.1) is 9.49 Å². The number of benzene rings is 1. The van der Waals surface area contributed by atoms with Crippen LogP contribution in [0.3, 0.4) is 0 Å². The Morgan fingerprint density at radius 2 is 2.25 bits per heavy atom. The van der Waals surface area contributed by atoms with E-state index in [2.05, 4.69) is 22.6 Å². The maximum Gasteiger partial charge on any atom is 0.0997 e. The van der Waals surface area contributed by atoms with Gasteiger partial charge in [0.25, 0.3) is 0 Å². The second-order valence-corrected chi connectivity index (χ2v) is 4.11. The van der Waals surface area contributed by atoms with Crippen molar-refractivity contribution in [1.82, 2.24) is 0 Å². The maximum atomic E-state index is 12.2. The first-order chi connectivity index (χ1) is 5.65. The van der Waals surface area contributed by atoms with Gasteiger partial charge >= 0.3 is 0 Å². The molecule has 0 amide bonds. The smallest absolute Gasteiger partial charge is 0.0997 e. The molecule has 3 heteroatoms. The summed E-state index contributed by atoms with van der Waals surface area (Å²) in [6, 6.07) is 5.55. The molecule has 0 saturated heterocycles. The molecule has 0 heterocycles. The molecule has 0 bridgehead atoms. The highest BCUT2D eigenvalue weighted by atomic mass is 127. The van der Waals surface area contributed by atoms with Gasteiger partial charge in [-0.2, -0.15) is 0 Å². The van der Waals surface area contributed by atoms with Gasteiger partial charge in [0, 0.05) is 9.49 Å². The maximum absolute atomic E-state index is 12.2. The first kappa shape index (κ1) is 10.3. The third-order valence-corrected chi connectivity index (χ3v) is 3.19. The second kappa shape index (κ2) is 4.42. The Kier molecular flexibility index (Phi) is 3.77. The van der Waals surface area contributed by atoms with Gasteiger partial charge in [0.05, 0.1) is 11.7 Å². The van der Waals surface area contributed by atoms with Gasteiger partial charge in [-0.05, 0) is 40.3 Å². The Hall–Kier alpha value is 0.170. The van der Waals surface area contributed by atoms with Crippen LogP contribution >= 0.6 is 34.2 Å². The lowest BCUT2D eigenvalue weighted by Crippen LogP contribution is -1.96. The number of alkyl halides is 1. The van der Waals surface area contributed by atoms with Crippen molar-refractivity contribution in [3.8, 4) is 0 Å². The first-order valence-corrected chi connectivity index (χ1v) is 4.94. The molecule has 12 heavy (non-hydrogen) atoms. The molecule has 0 aliphatic carbocycles. The van der Waals surface area contributed by atoms with Crippen molar-refractivity contribution < 1.29 is 4.39 Å². The average molecular weight is 298 g/mol. The zero-order chi connectivity index (χ0) is 9.14. The fraction of sp³-hybridized carbons (Fsp3) is 0.222. The molecular formula is C9H8ClFI. The van der Waals surface area contributed by atoms with Crippen LogP contribution in [0.15, 0.2) is 18.2 Å². The summed E-state index contributed by atoms with van der Waals surface area (Å²) in [5, 5.41) is 0.681. The van der Waals surface area contributed by atoms with Gasteiger partial charge in [-0.3, -0.25) is 4.39 Å². The van der Waals surface area contributed by atoms with E-state index in [1.165, 1.54) is 0 Å². The van der Waals surface area contributed by atoms with Crippen LogP contribution in [0.5, 0.6) is 0 Å². The van der Waals surface area contributed by atoms with Crippen molar-refractivity contribution in [2.75, 3.05) is 6.67 Å². The highest BCUT2D eigenvalue weighted by Gasteiger charge is 2.06. The number of rotatable bonds is 2. The van der Waals surface area contributed by atoms with Gasteiger partial charge < -0.3 is 0 Å². The molecule has 0 aromatic heterocycles. The summed E-state index contributed by atoms with van der Waals surface area (Å²) in [5.41, 5.74) is 0.878. The minimum Gasteiger partial charge on any atom is -0.250 e. The van der Waals surface area contributed by atoms with E-state index in [1.807, 2.05) is 12.1 Å². The van der Waals surface area contributed by atoms with E-state index in [-0.39, 0.29) is 0 Å². The molecular weight excluding hydrogens is 289 g/mol. The largest absolute Gasteiger partial charge is 0.250 e. The minimum atomic E-state index is -0.420. The predicted molar refractivity (Wildman–Crippen MR) is 58.2 cm³/mol. The van der Waals surface area contributed by atoms with Crippen molar-refractivity contribution >= 4 is 34.2 Å². The lowest BCUT2D eigenvalue weighted by atomic mass is 10.0. The van der Waals surface area contributed by atoms with Gasteiger partial charge in [-0.25, -0.2) is 0 Å². The lowest BCUT2D eigenvalue weighted by Gasteiger charge is -2.06. The van der Waals surface area contributed by atoms with Crippen LogP contribution in [-0.4, -0.2) is 6.67 Å². The van der Waals surface area contributed by atoms with E-state index in [0.29, 0.717) is 10.9 Å². The Balaban J connectivity index is 2.96. The third kappa shape index (κ3) is 2.33. The Bertz CT molecular complexity index is 275. The summed E-state index contributed by atoms with van der Waals surface area (Å²) in [6.45, 7) is 1.34. The van der Waals surface area contributed by atoms with E-state index >= 15 is 0 Å². The van der Waals surface area contributed by atoms with Crippen molar-refractivity contribution in [1.29, 1.82) is 0 Å². The monoisotopic (exact) mass is 297 g/mol. The van der Waals surface area contributed by atoms with E-state index in [0.717, 1.165) is 9.13 Å². The molecule has 0 N–H and O–H groups in total. The van der Waals surface area contributed by atoms with E-state index in [4.69, 9.17) is 11.6 Å². The summed E-state index contributed by atoms with van der Waals surface area (Å²) in [7, 11) is 0. The Labute approximate surface area is 90.3 Å². The first-order valence-electron chi connectivity index (χ1n) is 3.49. The molecule has 0 aliphatic rings. The molecule has 0 nitrogen and oxygen atoms in total. The fourth-order valence-electron chi connectivity index (χ4n) is 0.839. The van der Waals surface area contributed by atoms with Crippen LogP contribution < -0.4 is 0 Å². The SMILES string of the molecule is C[C](CF)c1ccc(I)c(Cl)c1. The van der Waals surface area contributed by atoms with Gasteiger partial charge in [0.15, 0.2) is 0 Å². The zero-order valence-electron chi connectivity index (χ0n) is 6.57. The normalized spacial score (nSPS) is 10.8. The molecule has 1 rings (SSSR count). The van der Waals surface area contributed by atoms with Crippen LogP contribution in [-0.2, 0) is 0 Å². The second-order valence-electron chi connectivity index (χ2n) is 2.54. The molecule has 0 unspecified atom stereocenters. The fourth-order valence-corrected chi connectivity index (χ4v) is 1.35. The summed E-state index contributed by atoms with van der Waals surface area (Å²) in [6.07, 6.45) is 0. The molecule has 0 saturated carbocycles. The quantitative estimate of drug-likeness (QED) is 0.727. The van der Waals surface area contributed by atoms with Crippen LogP contribution in [0.25, 0.3) is 0 Å². The summed E-state index contributed by atoms with van der Waals surface area (Å²) in [4.78, 5) is 0. The van der Waals surface area contributed by atoms with Crippen LogP contribution in [0.4, 0.5) is 4.39 Å². The number of halogens is 3. The van der Waals surface area contributed by atoms with Gasteiger partial charge in [-0.15, -0.1) is 0 Å². The Morgan fingerprint density at radius 1 is 1.58 bits per heavy atom. The average Bonchev–Trinajstić information content (AvgIpc) is 2.08. The molecule has 1 aromatic carbocycles. The van der Waals surface area contributed by atoms with Crippen molar-refractivity contribution in [3.05, 3.63) is 38.3 Å². The summed E-state index contributed by atoms with van der Waals surface area (Å²) >= 11 is 8.01. The van der Waals surface area contributed by atoms with E-state index < -0.39 is 6.67 Å². The standard InChI is InChI=1S/C9H8ClFI/c1-6(5-11)7-2-3-9(12)8(10)4-7/h2-4H,5H2,1H3. The lowest BCUT2D eigenvalue weighted by molar-refractivity contribution is 0.516. The minimum absolute atomic E-state index is 0.420. The zero-order valence-corrected chi connectivity index (χ0v) is 9.49. The van der Waals surface area contributed by atoms with Crippen molar-refractivity contribution in [2.24, 2.45) is 0 Å². The highest BCUT2D eigenvalue weighted by molar-refractivity contribution is 14.1. The molecule has 65 valence electrons.